The number of nitrogens with zero attached hydrogens (tertiary/aromatic N) is 1. The van der Waals surface area contributed by atoms with Crippen LogP contribution < -0.4 is 0 Å². The summed E-state index contributed by atoms with van der Waals surface area (Å²) in [4.78, 5) is 4.34. The van der Waals surface area contributed by atoms with E-state index in [2.05, 4.69) is 49.0 Å². The second-order valence-electron chi connectivity index (χ2n) is 3.84. The van der Waals surface area contributed by atoms with Crippen LogP contribution in [0.1, 0.15) is 19.8 Å². The first-order valence-corrected chi connectivity index (χ1v) is 9.89. The molecule has 0 heterocycles. The zero-order valence-electron chi connectivity index (χ0n) is 8.76. The van der Waals surface area contributed by atoms with E-state index in [9.17, 15) is 0 Å². The SMILES string of the molecule is CCCC=NCCS[Si](C)(C)C. The summed E-state index contributed by atoms with van der Waals surface area (Å²) in [6, 6.07) is 0. The van der Waals surface area contributed by atoms with Crippen LogP contribution in [0.5, 0.6) is 0 Å². The van der Waals surface area contributed by atoms with Crippen molar-refractivity contribution in [3.8, 4) is 0 Å². The Morgan fingerprint density at radius 3 is 2.50 bits per heavy atom. The number of hydrogen-bond donors (Lipinski definition) is 0. The maximum atomic E-state index is 4.34. The molecule has 0 N–H and O–H groups in total. The van der Waals surface area contributed by atoms with Crippen LogP contribution in [0.3, 0.4) is 0 Å². The average Bonchev–Trinajstić information content (AvgIpc) is 1.94. The monoisotopic (exact) mass is 203 g/mol. The molecule has 0 rings (SSSR count). The summed E-state index contributed by atoms with van der Waals surface area (Å²) in [7, 11) is -0.883. The smallest absolute Gasteiger partial charge is 0.108 e. The van der Waals surface area contributed by atoms with E-state index in [0.717, 1.165) is 13.0 Å². The van der Waals surface area contributed by atoms with Gasteiger partial charge in [-0.3, -0.25) is 4.99 Å². The summed E-state index contributed by atoms with van der Waals surface area (Å²) in [6.07, 6.45) is 4.41. The highest BCUT2D eigenvalue weighted by atomic mass is 32.4. The van der Waals surface area contributed by atoms with E-state index in [1.807, 2.05) is 0 Å². The van der Waals surface area contributed by atoms with Crippen molar-refractivity contribution < 1.29 is 0 Å². The molecule has 0 atom stereocenters. The van der Waals surface area contributed by atoms with Gasteiger partial charge in [-0.25, -0.2) is 0 Å². The Bertz CT molecular complexity index is 129. The first kappa shape index (κ1) is 12.2. The molecule has 3 heteroatoms. The van der Waals surface area contributed by atoms with Gasteiger partial charge in [0, 0.05) is 12.3 Å². The molecule has 0 aliphatic rings. The van der Waals surface area contributed by atoms with Crippen molar-refractivity contribution in [2.45, 2.75) is 39.4 Å². The van der Waals surface area contributed by atoms with Gasteiger partial charge in [-0.1, -0.05) is 33.0 Å². The minimum absolute atomic E-state index is 0.883. The molecular formula is C9H21NSSi. The first-order valence-electron chi connectivity index (χ1n) is 4.68. The predicted molar refractivity (Wildman–Crippen MR) is 64.1 cm³/mol. The van der Waals surface area contributed by atoms with Crippen molar-refractivity contribution in [2.75, 3.05) is 12.3 Å². The molecule has 12 heavy (non-hydrogen) atoms. The second kappa shape index (κ2) is 6.72. The molecule has 0 aliphatic carbocycles. The minimum atomic E-state index is -0.883. The lowest BCUT2D eigenvalue weighted by Crippen LogP contribution is -2.15. The number of aliphatic imine (C=N–C) groups is 1. The summed E-state index contributed by atoms with van der Waals surface area (Å²) in [5.41, 5.74) is 0. The van der Waals surface area contributed by atoms with Gasteiger partial charge in [-0.05, 0) is 12.6 Å². The summed E-state index contributed by atoms with van der Waals surface area (Å²) in [6.45, 7) is 10.3. The quantitative estimate of drug-likeness (QED) is 0.366. The van der Waals surface area contributed by atoms with Gasteiger partial charge in [0.05, 0.1) is 0 Å². The zero-order chi connectivity index (χ0) is 9.45. The van der Waals surface area contributed by atoms with Crippen LogP contribution in [0, 0.1) is 0 Å². The van der Waals surface area contributed by atoms with E-state index in [-0.39, 0.29) is 0 Å². The fourth-order valence-electron chi connectivity index (χ4n) is 0.716. The molecule has 0 amide bonds. The molecule has 0 aromatic carbocycles. The van der Waals surface area contributed by atoms with Crippen LogP contribution in [0.4, 0.5) is 0 Å². The van der Waals surface area contributed by atoms with Crippen molar-refractivity contribution in [1.29, 1.82) is 0 Å². The van der Waals surface area contributed by atoms with Crippen molar-refractivity contribution in [3.05, 3.63) is 0 Å². The summed E-state index contributed by atoms with van der Waals surface area (Å²) in [5.74, 6) is 1.20. The van der Waals surface area contributed by atoms with Crippen LogP contribution in [-0.2, 0) is 0 Å². The topological polar surface area (TPSA) is 12.4 Å². The maximum absolute atomic E-state index is 4.34. The molecule has 0 aromatic heterocycles. The Labute approximate surface area is 81.7 Å². The van der Waals surface area contributed by atoms with Crippen LogP contribution in [0.2, 0.25) is 19.6 Å². The van der Waals surface area contributed by atoms with E-state index in [4.69, 9.17) is 0 Å². The van der Waals surface area contributed by atoms with Crippen molar-refractivity contribution in [2.24, 2.45) is 4.99 Å². The van der Waals surface area contributed by atoms with E-state index in [1.54, 1.807) is 0 Å². The van der Waals surface area contributed by atoms with Crippen molar-refractivity contribution in [1.82, 2.24) is 0 Å². The van der Waals surface area contributed by atoms with Crippen LogP contribution in [-0.4, -0.2) is 25.7 Å². The number of unbranched alkanes of at least 4 members (excludes halogenated alkanes) is 1. The highest BCUT2D eigenvalue weighted by Gasteiger charge is 2.11. The summed E-state index contributed by atoms with van der Waals surface area (Å²) in [5, 5.41) is 0. The Morgan fingerprint density at radius 1 is 1.33 bits per heavy atom. The third-order valence-electron chi connectivity index (χ3n) is 1.30. The van der Waals surface area contributed by atoms with Crippen LogP contribution >= 0.6 is 11.2 Å². The van der Waals surface area contributed by atoms with Crippen molar-refractivity contribution >= 4 is 24.6 Å². The fourth-order valence-corrected chi connectivity index (χ4v) is 3.64. The lowest BCUT2D eigenvalue weighted by atomic mass is 10.4. The Hall–Kier alpha value is 0.237. The first-order chi connectivity index (χ1) is 5.56. The predicted octanol–water partition coefficient (Wildman–Crippen LogP) is 3.43. The van der Waals surface area contributed by atoms with Crippen molar-refractivity contribution in [3.63, 3.8) is 0 Å². The second-order valence-corrected chi connectivity index (χ2v) is 13.3. The van der Waals surface area contributed by atoms with Gasteiger partial charge in [0.25, 0.3) is 0 Å². The van der Waals surface area contributed by atoms with E-state index < -0.39 is 7.22 Å². The van der Waals surface area contributed by atoms with Gasteiger partial charge in [0.1, 0.15) is 7.22 Å². The third kappa shape index (κ3) is 10.2. The summed E-state index contributed by atoms with van der Waals surface area (Å²) < 4.78 is 0. The van der Waals surface area contributed by atoms with Crippen LogP contribution in [0.15, 0.2) is 4.99 Å². The molecule has 0 saturated carbocycles. The number of hydrogen-bond acceptors (Lipinski definition) is 2. The fraction of sp³-hybridized carbons (Fsp3) is 0.889. The summed E-state index contributed by atoms with van der Waals surface area (Å²) >= 11 is 2.12. The van der Waals surface area contributed by atoms with Crippen LogP contribution in [0.25, 0.3) is 0 Å². The highest BCUT2D eigenvalue weighted by molar-refractivity contribution is 8.28. The highest BCUT2D eigenvalue weighted by Crippen LogP contribution is 2.18. The Kier molecular flexibility index (Phi) is 6.85. The van der Waals surface area contributed by atoms with Gasteiger partial charge >= 0.3 is 0 Å². The molecule has 0 spiro atoms. The molecule has 72 valence electrons. The molecule has 0 radical (unpaired) electrons. The molecule has 0 fully saturated rings. The van der Waals surface area contributed by atoms with Gasteiger partial charge in [-0.15, -0.1) is 0 Å². The molecule has 0 unspecified atom stereocenters. The molecule has 0 aliphatic heterocycles. The Morgan fingerprint density at radius 2 is 2.00 bits per heavy atom. The van der Waals surface area contributed by atoms with E-state index in [0.29, 0.717) is 0 Å². The van der Waals surface area contributed by atoms with Gasteiger partial charge in [-0.2, -0.15) is 11.2 Å². The molecular weight excluding hydrogens is 182 g/mol. The zero-order valence-corrected chi connectivity index (χ0v) is 10.6. The van der Waals surface area contributed by atoms with E-state index in [1.165, 1.54) is 12.2 Å². The normalized spacial score (nSPS) is 12.7. The molecule has 0 saturated heterocycles. The number of rotatable bonds is 6. The van der Waals surface area contributed by atoms with Gasteiger partial charge in [0.15, 0.2) is 0 Å². The molecule has 1 nitrogen and oxygen atoms in total. The third-order valence-corrected chi connectivity index (χ3v) is 5.77. The largest absolute Gasteiger partial charge is 0.297 e. The average molecular weight is 203 g/mol. The van der Waals surface area contributed by atoms with E-state index >= 15 is 0 Å². The molecule has 0 bridgehead atoms. The molecule has 0 aromatic rings. The van der Waals surface area contributed by atoms with Gasteiger partial charge < -0.3 is 0 Å². The van der Waals surface area contributed by atoms with Gasteiger partial charge in [0.2, 0.25) is 0 Å². The lowest BCUT2D eigenvalue weighted by Gasteiger charge is -2.13. The lowest BCUT2D eigenvalue weighted by molar-refractivity contribution is 0.996. The minimum Gasteiger partial charge on any atom is -0.297 e. The standard InChI is InChI=1S/C9H21NSSi/c1-5-6-7-10-8-9-11-12(2,3)4/h7H,5-6,8-9H2,1-4H3. The Balaban J connectivity index is 3.21. The maximum Gasteiger partial charge on any atom is 0.108 e.